The first-order chi connectivity index (χ1) is 8.78. The molecule has 1 fully saturated rings. The topological polar surface area (TPSA) is 50.3 Å². The first kappa shape index (κ1) is 11.9. The molecule has 1 aliphatic carbocycles. The third kappa shape index (κ3) is 2.08. The van der Waals surface area contributed by atoms with Crippen molar-refractivity contribution in [2.24, 2.45) is 0 Å². The van der Waals surface area contributed by atoms with Crippen molar-refractivity contribution in [3.8, 4) is 0 Å². The molecule has 18 heavy (non-hydrogen) atoms. The fourth-order valence-electron chi connectivity index (χ4n) is 2.74. The van der Waals surface area contributed by atoms with Crippen molar-refractivity contribution in [3.63, 3.8) is 0 Å². The molecule has 2 aliphatic rings. The quantitative estimate of drug-likeness (QED) is 0.846. The van der Waals surface area contributed by atoms with E-state index in [0.29, 0.717) is 0 Å². The predicted molar refractivity (Wildman–Crippen MR) is 69.8 cm³/mol. The van der Waals surface area contributed by atoms with Gasteiger partial charge in [0.2, 0.25) is 0 Å². The highest BCUT2D eigenvalue weighted by Crippen LogP contribution is 2.28. The van der Waals surface area contributed by atoms with Gasteiger partial charge in [0.05, 0.1) is 6.61 Å². The van der Waals surface area contributed by atoms with Gasteiger partial charge in [0.25, 0.3) is 0 Å². The van der Waals surface area contributed by atoms with Crippen LogP contribution in [0.5, 0.6) is 0 Å². The average molecular weight is 248 g/mol. The molecule has 0 bridgehead atoms. The van der Waals surface area contributed by atoms with Crippen LogP contribution in [0.4, 0.5) is 5.82 Å². The van der Waals surface area contributed by atoms with E-state index in [0.717, 1.165) is 44.2 Å². The smallest absolute Gasteiger partial charge is 0.161 e. The highest BCUT2D eigenvalue weighted by atomic mass is 16.5. The summed E-state index contributed by atoms with van der Waals surface area (Å²) in [5.41, 5.74) is 2.51. The largest absolute Gasteiger partial charge is 0.373 e. The number of aromatic nitrogens is 2. The second kappa shape index (κ2) is 4.82. The lowest BCUT2D eigenvalue weighted by atomic mass is 10.2. The Bertz CT molecular complexity index is 449. The van der Waals surface area contributed by atoms with Crippen molar-refractivity contribution in [1.82, 2.24) is 14.9 Å². The zero-order valence-corrected chi connectivity index (χ0v) is 11.1. The number of fused-ring (bicyclic) bond motifs is 1. The van der Waals surface area contributed by atoms with E-state index in [9.17, 15) is 0 Å². The molecule has 1 aromatic rings. The Morgan fingerprint density at radius 3 is 3.00 bits per heavy atom. The maximum atomic E-state index is 5.80. The number of hydrogen-bond acceptors (Lipinski definition) is 5. The summed E-state index contributed by atoms with van der Waals surface area (Å²) in [5, 5.41) is 3.20. The zero-order chi connectivity index (χ0) is 12.5. The van der Waals surface area contributed by atoms with Gasteiger partial charge in [-0.3, -0.25) is 0 Å². The van der Waals surface area contributed by atoms with Crippen LogP contribution in [0, 0.1) is 0 Å². The van der Waals surface area contributed by atoms with Crippen LogP contribution in [0.2, 0.25) is 0 Å². The number of anilines is 1. The van der Waals surface area contributed by atoms with Gasteiger partial charge < -0.3 is 15.0 Å². The van der Waals surface area contributed by atoms with E-state index in [4.69, 9.17) is 9.72 Å². The molecule has 0 aromatic carbocycles. The van der Waals surface area contributed by atoms with Crippen molar-refractivity contribution in [1.29, 1.82) is 0 Å². The number of nitrogens with one attached hydrogen (secondary N) is 1. The van der Waals surface area contributed by atoms with Crippen molar-refractivity contribution in [3.05, 3.63) is 17.1 Å². The SMILES string of the molecule is CNc1nc(C2CN(C)CCO2)nc2c1CCC2. The van der Waals surface area contributed by atoms with Gasteiger partial charge in [-0.15, -0.1) is 0 Å². The Morgan fingerprint density at radius 1 is 1.33 bits per heavy atom. The Kier molecular flexibility index (Phi) is 3.18. The fraction of sp³-hybridized carbons (Fsp3) is 0.692. The van der Waals surface area contributed by atoms with Gasteiger partial charge in [-0.25, -0.2) is 9.97 Å². The average Bonchev–Trinajstić information content (AvgIpc) is 2.85. The summed E-state index contributed by atoms with van der Waals surface area (Å²) in [4.78, 5) is 11.6. The van der Waals surface area contributed by atoms with Crippen LogP contribution >= 0.6 is 0 Å². The molecule has 2 heterocycles. The van der Waals surface area contributed by atoms with Crippen LogP contribution in [0.3, 0.4) is 0 Å². The van der Waals surface area contributed by atoms with Crippen LogP contribution in [0.25, 0.3) is 0 Å². The van der Waals surface area contributed by atoms with Gasteiger partial charge in [-0.2, -0.15) is 0 Å². The lowest BCUT2D eigenvalue weighted by molar-refractivity contribution is -0.0255. The lowest BCUT2D eigenvalue weighted by Gasteiger charge is -2.29. The van der Waals surface area contributed by atoms with Crippen LogP contribution in [-0.4, -0.2) is 48.7 Å². The minimum absolute atomic E-state index is 0.0155. The van der Waals surface area contributed by atoms with E-state index >= 15 is 0 Å². The molecule has 0 radical (unpaired) electrons. The molecule has 5 nitrogen and oxygen atoms in total. The maximum Gasteiger partial charge on any atom is 0.161 e. The minimum Gasteiger partial charge on any atom is -0.373 e. The van der Waals surface area contributed by atoms with Crippen LogP contribution < -0.4 is 5.32 Å². The van der Waals surface area contributed by atoms with Gasteiger partial charge in [0, 0.05) is 31.4 Å². The molecule has 1 aromatic heterocycles. The summed E-state index contributed by atoms with van der Waals surface area (Å²) in [6, 6.07) is 0. The molecule has 98 valence electrons. The number of nitrogens with zero attached hydrogens (tertiary/aromatic N) is 3. The molecule has 1 atom stereocenters. The van der Waals surface area contributed by atoms with Gasteiger partial charge in [0.1, 0.15) is 11.9 Å². The van der Waals surface area contributed by atoms with E-state index in [-0.39, 0.29) is 6.10 Å². The molecule has 0 saturated carbocycles. The summed E-state index contributed by atoms with van der Waals surface area (Å²) < 4.78 is 5.80. The Labute approximate surface area is 108 Å². The third-order valence-corrected chi connectivity index (χ3v) is 3.74. The van der Waals surface area contributed by atoms with Crippen molar-refractivity contribution < 1.29 is 4.74 Å². The van der Waals surface area contributed by atoms with E-state index in [1.165, 1.54) is 17.7 Å². The molecule has 1 aliphatic heterocycles. The summed E-state index contributed by atoms with van der Waals surface area (Å²) >= 11 is 0. The zero-order valence-electron chi connectivity index (χ0n) is 11.1. The van der Waals surface area contributed by atoms with Gasteiger partial charge in [-0.1, -0.05) is 0 Å². The van der Waals surface area contributed by atoms with Gasteiger partial charge in [-0.05, 0) is 26.3 Å². The predicted octanol–water partition coefficient (Wildman–Crippen LogP) is 1.01. The lowest BCUT2D eigenvalue weighted by Crippen LogP contribution is -2.36. The number of morpholine rings is 1. The molecule has 1 saturated heterocycles. The van der Waals surface area contributed by atoms with Gasteiger partial charge >= 0.3 is 0 Å². The Morgan fingerprint density at radius 2 is 2.22 bits per heavy atom. The van der Waals surface area contributed by atoms with E-state index in [1.54, 1.807) is 0 Å². The fourth-order valence-corrected chi connectivity index (χ4v) is 2.74. The maximum absolute atomic E-state index is 5.80. The second-order valence-electron chi connectivity index (χ2n) is 5.08. The van der Waals surface area contributed by atoms with Crippen LogP contribution in [0.15, 0.2) is 0 Å². The first-order valence-electron chi connectivity index (χ1n) is 6.65. The minimum atomic E-state index is 0.0155. The standard InChI is InChI=1S/C13H20N4O/c1-14-12-9-4-3-5-10(9)15-13(16-12)11-8-17(2)6-7-18-11/h11H,3-8H2,1-2H3,(H,14,15,16). The summed E-state index contributed by atoms with van der Waals surface area (Å²) in [7, 11) is 4.04. The van der Waals surface area contributed by atoms with Crippen LogP contribution in [-0.2, 0) is 17.6 Å². The molecular weight excluding hydrogens is 228 g/mol. The molecule has 1 N–H and O–H groups in total. The van der Waals surface area contributed by atoms with Gasteiger partial charge in [0.15, 0.2) is 5.82 Å². The highest BCUT2D eigenvalue weighted by molar-refractivity contribution is 5.48. The highest BCUT2D eigenvalue weighted by Gasteiger charge is 2.26. The second-order valence-corrected chi connectivity index (χ2v) is 5.08. The van der Waals surface area contributed by atoms with Crippen molar-refractivity contribution in [2.45, 2.75) is 25.4 Å². The Balaban J connectivity index is 1.92. The van der Waals surface area contributed by atoms with E-state index in [2.05, 4.69) is 22.2 Å². The van der Waals surface area contributed by atoms with Crippen LogP contribution in [0.1, 0.15) is 29.6 Å². The number of hydrogen-bond donors (Lipinski definition) is 1. The molecule has 1 unspecified atom stereocenters. The molecule has 5 heteroatoms. The van der Waals surface area contributed by atoms with Crippen molar-refractivity contribution in [2.75, 3.05) is 39.1 Å². The first-order valence-corrected chi connectivity index (χ1v) is 6.65. The van der Waals surface area contributed by atoms with E-state index in [1.807, 2.05) is 7.05 Å². The summed E-state index contributed by atoms with van der Waals surface area (Å²) in [6.45, 7) is 2.62. The normalized spacial score (nSPS) is 24.0. The third-order valence-electron chi connectivity index (χ3n) is 3.74. The summed E-state index contributed by atoms with van der Waals surface area (Å²) in [6.07, 6.45) is 3.37. The van der Waals surface area contributed by atoms with E-state index < -0.39 is 0 Å². The van der Waals surface area contributed by atoms with Crippen molar-refractivity contribution >= 4 is 5.82 Å². The molecular formula is C13H20N4O. The summed E-state index contributed by atoms with van der Waals surface area (Å²) in [5.74, 6) is 1.83. The monoisotopic (exact) mass is 248 g/mol. The number of likely N-dealkylation sites (N-methyl/N-ethyl adjacent to an activating group) is 1. The molecule has 3 rings (SSSR count). The Hall–Kier alpha value is -1.20. The molecule has 0 amide bonds. The number of rotatable bonds is 2. The molecule has 0 spiro atoms. The number of ether oxygens (including phenoxy) is 1. The number of aryl methyl sites for hydroxylation is 1.